The van der Waals surface area contributed by atoms with Crippen LogP contribution in [0.5, 0.6) is 5.75 Å². The molecule has 1 aromatic carbocycles. The van der Waals surface area contributed by atoms with Gasteiger partial charge < -0.3 is 10.1 Å². The van der Waals surface area contributed by atoms with Crippen LogP contribution < -0.4 is 10.1 Å². The smallest absolute Gasteiger partial charge is 0.251 e. The summed E-state index contributed by atoms with van der Waals surface area (Å²) in [6.45, 7) is 5.93. The first-order valence-corrected chi connectivity index (χ1v) is 9.33. The maximum absolute atomic E-state index is 12.8. The largest absolute Gasteiger partial charge is 0.497 e. The first kappa shape index (κ1) is 18.2. The van der Waals surface area contributed by atoms with Crippen LogP contribution >= 0.6 is 0 Å². The zero-order valence-corrected chi connectivity index (χ0v) is 16.5. The van der Waals surface area contributed by atoms with E-state index in [1.165, 1.54) is 0 Å². The van der Waals surface area contributed by atoms with E-state index in [1.54, 1.807) is 11.8 Å². The number of ketones is 1. The average Bonchev–Trinajstić information content (AvgIpc) is 2.99. The average molecular weight is 377 g/mol. The lowest BCUT2D eigenvalue weighted by atomic mass is 9.88. The van der Waals surface area contributed by atoms with Crippen LogP contribution in [0.2, 0.25) is 0 Å². The zero-order valence-electron chi connectivity index (χ0n) is 16.5. The maximum atomic E-state index is 12.8. The van der Waals surface area contributed by atoms with Crippen molar-refractivity contribution in [2.45, 2.75) is 33.6 Å². The fourth-order valence-electron chi connectivity index (χ4n) is 3.65. The molecule has 1 atom stereocenters. The third-order valence-electron chi connectivity index (χ3n) is 4.83. The Bertz CT molecular complexity index is 1040. The van der Waals surface area contributed by atoms with Gasteiger partial charge in [-0.1, -0.05) is 13.0 Å². The monoisotopic (exact) mass is 377 g/mol. The molecule has 144 valence electrons. The summed E-state index contributed by atoms with van der Waals surface area (Å²) in [7, 11) is 1.62. The molecule has 0 saturated heterocycles. The van der Waals surface area contributed by atoms with E-state index in [0.717, 1.165) is 34.9 Å². The van der Waals surface area contributed by atoms with Gasteiger partial charge in [-0.2, -0.15) is 0 Å². The van der Waals surface area contributed by atoms with Crippen LogP contribution in [0.4, 0.5) is 11.5 Å². The summed E-state index contributed by atoms with van der Waals surface area (Å²) < 4.78 is 7.00. The van der Waals surface area contributed by atoms with Gasteiger partial charge in [0.1, 0.15) is 5.75 Å². The number of anilines is 2. The van der Waals surface area contributed by atoms with E-state index in [-0.39, 0.29) is 11.7 Å². The van der Waals surface area contributed by atoms with Gasteiger partial charge in [0.15, 0.2) is 11.6 Å². The highest BCUT2D eigenvalue weighted by molar-refractivity contribution is 6.03. The summed E-state index contributed by atoms with van der Waals surface area (Å²) in [6.07, 6.45) is 1.27. The van der Waals surface area contributed by atoms with E-state index in [0.29, 0.717) is 23.8 Å². The Kier molecular flexibility index (Phi) is 4.58. The number of hydrogen-bond acceptors (Lipinski definition) is 6. The molecule has 4 rings (SSSR count). The highest BCUT2D eigenvalue weighted by Crippen LogP contribution is 2.33. The van der Waals surface area contributed by atoms with Crippen molar-refractivity contribution in [2.75, 3.05) is 12.4 Å². The molecule has 2 heterocycles. The number of carbonyl (C=O) groups excluding carboxylic acids is 1. The molecule has 0 saturated carbocycles. The lowest BCUT2D eigenvalue weighted by Crippen LogP contribution is -2.20. The quantitative estimate of drug-likeness (QED) is 0.745. The second-order valence-electron chi connectivity index (χ2n) is 7.33. The molecular weight excluding hydrogens is 354 g/mol. The first-order valence-electron chi connectivity index (χ1n) is 9.33. The predicted octanol–water partition coefficient (Wildman–Crippen LogP) is 3.80. The molecule has 1 aliphatic rings. The number of nitrogens with zero attached hydrogens (tertiary/aromatic N) is 4. The number of carbonyl (C=O) groups is 1. The number of rotatable bonds is 4. The van der Waals surface area contributed by atoms with Crippen LogP contribution in [-0.4, -0.2) is 32.6 Å². The van der Waals surface area contributed by atoms with Crippen molar-refractivity contribution in [1.82, 2.24) is 19.7 Å². The molecule has 0 amide bonds. The minimum atomic E-state index is 0.0924. The van der Waals surface area contributed by atoms with Crippen LogP contribution in [0.3, 0.4) is 0 Å². The van der Waals surface area contributed by atoms with Crippen molar-refractivity contribution in [3.8, 4) is 11.7 Å². The third kappa shape index (κ3) is 3.35. The molecule has 1 N–H and O–H groups in total. The van der Waals surface area contributed by atoms with Gasteiger partial charge in [-0.05, 0) is 44.4 Å². The summed E-state index contributed by atoms with van der Waals surface area (Å²) in [5.41, 5.74) is 4.02. The highest BCUT2D eigenvalue weighted by Gasteiger charge is 2.31. The fraction of sp³-hybridized carbons (Fsp3) is 0.333. The standard InChI is InChI=1S/C21H23N5O2/c1-12-8-17-19(18(27)9-12)20(24-15-6-5-7-16(11-15)28-4)25-26(17)21-22-13(2)10-14(3)23-21/h5-7,10-12H,8-9H2,1-4H3,(H,24,25). The SMILES string of the molecule is COc1cccc(Nc2nn(-c3nc(C)cc(C)n3)c3c2C(=O)CC(C)C3)c1. The number of hydrogen-bond donors (Lipinski definition) is 1. The molecule has 2 aromatic heterocycles. The summed E-state index contributed by atoms with van der Waals surface area (Å²) in [5, 5.41) is 7.98. The van der Waals surface area contributed by atoms with Crippen LogP contribution in [0.1, 0.15) is 40.8 Å². The summed E-state index contributed by atoms with van der Waals surface area (Å²) in [5.74, 6) is 2.11. The fourth-order valence-corrected chi connectivity index (χ4v) is 3.65. The Morgan fingerprint density at radius 2 is 1.89 bits per heavy atom. The summed E-state index contributed by atoms with van der Waals surface area (Å²) in [6, 6.07) is 9.46. The number of fused-ring (bicyclic) bond motifs is 1. The van der Waals surface area contributed by atoms with E-state index in [9.17, 15) is 4.79 Å². The van der Waals surface area contributed by atoms with E-state index in [4.69, 9.17) is 9.84 Å². The number of benzene rings is 1. The topological polar surface area (TPSA) is 81.9 Å². The zero-order chi connectivity index (χ0) is 19.8. The molecule has 0 spiro atoms. The van der Waals surface area contributed by atoms with Crippen LogP contribution in [0, 0.1) is 19.8 Å². The number of aromatic nitrogens is 4. The van der Waals surface area contributed by atoms with Crippen molar-refractivity contribution in [2.24, 2.45) is 5.92 Å². The molecule has 1 aliphatic carbocycles. The second kappa shape index (κ2) is 7.07. The van der Waals surface area contributed by atoms with Gasteiger partial charge >= 0.3 is 0 Å². The van der Waals surface area contributed by atoms with Crippen molar-refractivity contribution in [3.05, 3.63) is 53.0 Å². The van der Waals surface area contributed by atoms with Gasteiger partial charge in [-0.15, -0.1) is 5.10 Å². The van der Waals surface area contributed by atoms with E-state index < -0.39 is 0 Å². The number of nitrogens with one attached hydrogen (secondary N) is 1. The van der Waals surface area contributed by atoms with E-state index in [1.807, 2.05) is 44.2 Å². The van der Waals surface area contributed by atoms with Crippen molar-refractivity contribution in [3.63, 3.8) is 0 Å². The maximum Gasteiger partial charge on any atom is 0.251 e. The first-order chi connectivity index (χ1) is 13.4. The lowest BCUT2D eigenvalue weighted by Gasteiger charge is -2.19. The van der Waals surface area contributed by atoms with Crippen LogP contribution in [-0.2, 0) is 6.42 Å². The molecule has 0 fully saturated rings. The minimum absolute atomic E-state index is 0.0924. The van der Waals surface area contributed by atoms with Gasteiger partial charge in [0.25, 0.3) is 5.95 Å². The van der Waals surface area contributed by atoms with Gasteiger partial charge in [0.2, 0.25) is 0 Å². The summed E-state index contributed by atoms with van der Waals surface area (Å²) >= 11 is 0. The molecule has 7 heteroatoms. The molecule has 28 heavy (non-hydrogen) atoms. The van der Waals surface area contributed by atoms with E-state index in [2.05, 4.69) is 22.2 Å². The van der Waals surface area contributed by atoms with Gasteiger partial charge in [0.05, 0.1) is 18.4 Å². The Balaban J connectivity index is 1.84. The number of methoxy groups -OCH3 is 1. The molecule has 0 radical (unpaired) electrons. The molecule has 1 unspecified atom stereocenters. The molecule has 7 nitrogen and oxygen atoms in total. The molecular formula is C21H23N5O2. The van der Waals surface area contributed by atoms with Gasteiger partial charge in [0, 0.05) is 29.6 Å². The van der Waals surface area contributed by atoms with Gasteiger partial charge in [-0.25, -0.2) is 14.6 Å². The molecule has 0 aliphatic heterocycles. The van der Waals surface area contributed by atoms with Crippen molar-refractivity contribution < 1.29 is 9.53 Å². The Morgan fingerprint density at radius 3 is 2.61 bits per heavy atom. The highest BCUT2D eigenvalue weighted by atomic mass is 16.5. The van der Waals surface area contributed by atoms with Crippen LogP contribution in [0.25, 0.3) is 5.95 Å². The normalized spacial score (nSPS) is 16.0. The Hall–Kier alpha value is -3.22. The number of Topliss-reactive ketones (excluding diaryl/α,β-unsaturated/α-hetero) is 1. The van der Waals surface area contributed by atoms with E-state index >= 15 is 0 Å². The molecule has 3 aromatic rings. The third-order valence-corrected chi connectivity index (χ3v) is 4.83. The predicted molar refractivity (Wildman–Crippen MR) is 107 cm³/mol. The second-order valence-corrected chi connectivity index (χ2v) is 7.33. The van der Waals surface area contributed by atoms with Crippen LogP contribution in [0.15, 0.2) is 30.3 Å². The van der Waals surface area contributed by atoms with Crippen molar-refractivity contribution in [1.29, 1.82) is 0 Å². The minimum Gasteiger partial charge on any atom is -0.497 e. The summed E-state index contributed by atoms with van der Waals surface area (Å²) in [4.78, 5) is 21.9. The number of ether oxygens (including phenoxy) is 1. The number of aryl methyl sites for hydroxylation is 2. The lowest BCUT2D eigenvalue weighted by molar-refractivity contribution is 0.0953. The van der Waals surface area contributed by atoms with Gasteiger partial charge in [-0.3, -0.25) is 4.79 Å². The molecule has 0 bridgehead atoms. The van der Waals surface area contributed by atoms with Crippen molar-refractivity contribution >= 4 is 17.3 Å². The Labute approximate surface area is 163 Å². The Morgan fingerprint density at radius 1 is 1.14 bits per heavy atom.